The van der Waals surface area contributed by atoms with E-state index >= 15 is 0 Å². The Labute approximate surface area is 182 Å². The van der Waals surface area contributed by atoms with Gasteiger partial charge < -0.3 is 19.7 Å². The molecule has 7 heteroatoms. The van der Waals surface area contributed by atoms with Crippen molar-refractivity contribution in [2.45, 2.75) is 20.8 Å². The molecule has 0 atom stereocenters. The lowest BCUT2D eigenvalue weighted by Gasteiger charge is -2.21. The molecule has 0 fully saturated rings. The van der Waals surface area contributed by atoms with Crippen molar-refractivity contribution in [3.8, 4) is 0 Å². The summed E-state index contributed by atoms with van der Waals surface area (Å²) in [5, 5.41) is 3.96. The van der Waals surface area contributed by atoms with Crippen molar-refractivity contribution in [3.05, 3.63) is 59.8 Å². The molecule has 0 bridgehead atoms. The van der Waals surface area contributed by atoms with Gasteiger partial charge in [-0.1, -0.05) is 0 Å². The lowest BCUT2D eigenvalue weighted by molar-refractivity contribution is 0.0526. The number of ether oxygens (including phenoxy) is 2. The average molecular weight is 421 g/mol. The van der Waals surface area contributed by atoms with Crippen molar-refractivity contribution in [3.63, 3.8) is 0 Å². The third kappa shape index (κ3) is 4.77. The Kier molecular flexibility index (Phi) is 7.07. The minimum Gasteiger partial charge on any atom is -0.465 e. The first kappa shape index (κ1) is 22.1. The number of anilines is 3. The van der Waals surface area contributed by atoms with Crippen molar-refractivity contribution in [1.82, 2.24) is 4.98 Å². The van der Waals surface area contributed by atoms with Crippen LogP contribution in [0.5, 0.6) is 0 Å². The van der Waals surface area contributed by atoms with Gasteiger partial charge in [0.1, 0.15) is 5.56 Å². The minimum absolute atomic E-state index is 0.247. The maximum Gasteiger partial charge on any atom is 0.341 e. The van der Waals surface area contributed by atoms with E-state index in [1.54, 1.807) is 25.1 Å². The second kappa shape index (κ2) is 9.93. The normalized spacial score (nSPS) is 10.6. The number of pyridine rings is 1. The SMILES string of the molecule is CCOC(=O)c1cnc2ccc(C(=O)OC)cc2c1Nc1ccc(N(CC)CC)cc1. The number of hydrogen-bond acceptors (Lipinski definition) is 7. The molecular weight excluding hydrogens is 394 g/mol. The van der Waals surface area contributed by atoms with E-state index in [1.165, 1.54) is 13.3 Å². The number of rotatable bonds is 8. The molecule has 0 aliphatic heterocycles. The Hall–Kier alpha value is -3.61. The number of carbonyl (C=O) groups is 2. The Bertz CT molecular complexity index is 1080. The van der Waals surface area contributed by atoms with E-state index in [0.29, 0.717) is 27.7 Å². The summed E-state index contributed by atoms with van der Waals surface area (Å²) in [5.74, 6) is -0.944. The lowest BCUT2D eigenvalue weighted by atomic mass is 10.1. The standard InChI is InChI=1S/C24H27N3O4/c1-5-27(6-2)18-11-9-17(10-12-18)26-22-19-14-16(23(28)30-4)8-13-21(19)25-15-20(22)24(29)31-7-3/h8-15H,5-7H2,1-4H3,(H,25,26). The molecule has 0 aliphatic rings. The summed E-state index contributed by atoms with van der Waals surface area (Å²) in [5.41, 5.74) is 3.76. The van der Waals surface area contributed by atoms with Gasteiger partial charge in [0.05, 0.1) is 30.5 Å². The van der Waals surface area contributed by atoms with Crippen LogP contribution >= 0.6 is 0 Å². The summed E-state index contributed by atoms with van der Waals surface area (Å²) in [6, 6.07) is 13.0. The number of methoxy groups -OCH3 is 1. The number of carbonyl (C=O) groups excluding carboxylic acids is 2. The molecule has 2 aromatic carbocycles. The molecule has 1 N–H and O–H groups in total. The van der Waals surface area contributed by atoms with E-state index in [9.17, 15) is 9.59 Å². The molecular formula is C24H27N3O4. The molecule has 0 unspecified atom stereocenters. The third-order valence-corrected chi connectivity index (χ3v) is 5.05. The summed E-state index contributed by atoms with van der Waals surface area (Å²) < 4.78 is 10.1. The van der Waals surface area contributed by atoms with Crippen molar-refractivity contribution >= 4 is 39.9 Å². The van der Waals surface area contributed by atoms with Crippen LogP contribution in [0.2, 0.25) is 0 Å². The number of hydrogen-bond donors (Lipinski definition) is 1. The molecule has 0 radical (unpaired) electrons. The van der Waals surface area contributed by atoms with Gasteiger partial charge in [-0.05, 0) is 63.2 Å². The highest BCUT2D eigenvalue weighted by Gasteiger charge is 2.18. The number of aromatic nitrogens is 1. The van der Waals surface area contributed by atoms with Crippen LogP contribution < -0.4 is 10.2 Å². The number of nitrogens with one attached hydrogen (secondary N) is 1. The number of nitrogens with zero attached hydrogens (tertiary/aromatic N) is 2. The van der Waals surface area contributed by atoms with Crippen molar-refractivity contribution < 1.29 is 19.1 Å². The Balaban J connectivity index is 2.09. The zero-order valence-corrected chi connectivity index (χ0v) is 18.3. The minimum atomic E-state index is -0.484. The second-order valence-corrected chi connectivity index (χ2v) is 6.84. The summed E-state index contributed by atoms with van der Waals surface area (Å²) >= 11 is 0. The third-order valence-electron chi connectivity index (χ3n) is 5.05. The summed E-state index contributed by atoms with van der Waals surface area (Å²) in [6.07, 6.45) is 1.49. The predicted octanol–water partition coefficient (Wildman–Crippen LogP) is 4.79. The summed E-state index contributed by atoms with van der Waals surface area (Å²) in [4.78, 5) is 31.3. The number of fused-ring (bicyclic) bond motifs is 1. The summed E-state index contributed by atoms with van der Waals surface area (Å²) in [6.45, 7) is 8.06. The molecule has 0 spiro atoms. The maximum absolute atomic E-state index is 12.6. The lowest BCUT2D eigenvalue weighted by Crippen LogP contribution is -2.21. The molecule has 7 nitrogen and oxygen atoms in total. The van der Waals surface area contributed by atoms with Crippen LogP contribution in [0.4, 0.5) is 17.1 Å². The predicted molar refractivity (Wildman–Crippen MR) is 122 cm³/mol. The first-order valence-corrected chi connectivity index (χ1v) is 10.3. The molecule has 0 amide bonds. The molecule has 31 heavy (non-hydrogen) atoms. The molecule has 3 rings (SSSR count). The first-order valence-electron chi connectivity index (χ1n) is 10.3. The van der Waals surface area contributed by atoms with E-state index in [0.717, 1.165) is 24.5 Å². The van der Waals surface area contributed by atoms with Gasteiger partial charge in [0.25, 0.3) is 0 Å². The van der Waals surface area contributed by atoms with E-state index in [4.69, 9.17) is 9.47 Å². The van der Waals surface area contributed by atoms with Gasteiger partial charge in [-0.25, -0.2) is 9.59 Å². The smallest absolute Gasteiger partial charge is 0.341 e. The van der Waals surface area contributed by atoms with Gasteiger partial charge >= 0.3 is 11.9 Å². The van der Waals surface area contributed by atoms with E-state index in [2.05, 4.69) is 29.0 Å². The molecule has 1 heterocycles. The van der Waals surface area contributed by atoms with Crippen molar-refractivity contribution in [2.24, 2.45) is 0 Å². The zero-order chi connectivity index (χ0) is 22.4. The fraction of sp³-hybridized carbons (Fsp3) is 0.292. The quantitative estimate of drug-likeness (QED) is 0.524. The van der Waals surface area contributed by atoms with Crippen LogP contribution in [0.25, 0.3) is 10.9 Å². The Morgan fingerprint density at radius 2 is 1.71 bits per heavy atom. The van der Waals surface area contributed by atoms with E-state index < -0.39 is 11.9 Å². The van der Waals surface area contributed by atoms with Gasteiger partial charge in [0, 0.05) is 36.0 Å². The second-order valence-electron chi connectivity index (χ2n) is 6.84. The molecule has 0 aliphatic carbocycles. The monoisotopic (exact) mass is 421 g/mol. The van der Waals surface area contributed by atoms with Crippen LogP contribution in [0.15, 0.2) is 48.7 Å². The molecule has 3 aromatic rings. The fourth-order valence-electron chi connectivity index (χ4n) is 3.42. The van der Waals surface area contributed by atoms with E-state index in [1.807, 2.05) is 24.3 Å². The van der Waals surface area contributed by atoms with Crippen LogP contribution in [-0.4, -0.2) is 43.7 Å². The number of esters is 2. The van der Waals surface area contributed by atoms with Gasteiger partial charge in [-0.3, -0.25) is 4.98 Å². The first-order chi connectivity index (χ1) is 15.0. The largest absolute Gasteiger partial charge is 0.465 e. The van der Waals surface area contributed by atoms with Gasteiger partial charge in [-0.2, -0.15) is 0 Å². The highest BCUT2D eigenvalue weighted by atomic mass is 16.5. The van der Waals surface area contributed by atoms with Gasteiger partial charge in [0.2, 0.25) is 0 Å². The van der Waals surface area contributed by atoms with Crippen LogP contribution in [0, 0.1) is 0 Å². The molecule has 0 saturated heterocycles. The highest BCUT2D eigenvalue weighted by molar-refractivity contribution is 6.07. The topological polar surface area (TPSA) is 80.8 Å². The van der Waals surface area contributed by atoms with Crippen molar-refractivity contribution in [1.29, 1.82) is 0 Å². The van der Waals surface area contributed by atoms with Gasteiger partial charge in [0.15, 0.2) is 0 Å². The Morgan fingerprint density at radius 1 is 1.00 bits per heavy atom. The van der Waals surface area contributed by atoms with Gasteiger partial charge in [-0.15, -0.1) is 0 Å². The maximum atomic E-state index is 12.6. The van der Waals surface area contributed by atoms with Crippen LogP contribution in [0.3, 0.4) is 0 Å². The van der Waals surface area contributed by atoms with Crippen LogP contribution in [-0.2, 0) is 9.47 Å². The molecule has 0 saturated carbocycles. The fourth-order valence-corrected chi connectivity index (χ4v) is 3.42. The number of benzene rings is 2. The highest BCUT2D eigenvalue weighted by Crippen LogP contribution is 2.31. The Morgan fingerprint density at radius 3 is 2.32 bits per heavy atom. The molecule has 1 aromatic heterocycles. The average Bonchev–Trinajstić information content (AvgIpc) is 2.80. The zero-order valence-electron chi connectivity index (χ0n) is 18.3. The van der Waals surface area contributed by atoms with E-state index in [-0.39, 0.29) is 6.61 Å². The summed E-state index contributed by atoms with van der Waals surface area (Å²) in [7, 11) is 1.33. The van der Waals surface area contributed by atoms with Crippen LogP contribution in [0.1, 0.15) is 41.5 Å². The van der Waals surface area contributed by atoms with Crippen molar-refractivity contribution in [2.75, 3.05) is 37.0 Å². The molecule has 162 valence electrons.